The molecule has 1 atom stereocenters. The largest absolute Gasteiger partial charge is 0.497 e. The van der Waals surface area contributed by atoms with Gasteiger partial charge in [-0.3, -0.25) is 9.59 Å². The molecule has 148 valence electrons. The van der Waals surface area contributed by atoms with Crippen LogP contribution in [-0.4, -0.2) is 80.8 Å². The van der Waals surface area contributed by atoms with Crippen LogP contribution in [-0.2, 0) is 14.3 Å². The van der Waals surface area contributed by atoms with Crippen molar-refractivity contribution in [3.63, 3.8) is 0 Å². The molecule has 0 bridgehead atoms. The summed E-state index contributed by atoms with van der Waals surface area (Å²) in [4.78, 5) is 28.5. The van der Waals surface area contributed by atoms with Crippen LogP contribution in [0.15, 0.2) is 24.3 Å². The van der Waals surface area contributed by atoms with E-state index in [9.17, 15) is 9.59 Å². The van der Waals surface area contributed by atoms with Crippen molar-refractivity contribution in [2.45, 2.75) is 25.4 Å². The second kappa shape index (κ2) is 9.71. The van der Waals surface area contributed by atoms with E-state index in [1.54, 1.807) is 35.1 Å². The van der Waals surface area contributed by atoms with E-state index >= 15 is 0 Å². The van der Waals surface area contributed by atoms with Gasteiger partial charge in [0.25, 0.3) is 5.91 Å². The number of carbonyl (C=O) groups is 2. The quantitative estimate of drug-likeness (QED) is 0.754. The number of ether oxygens (including phenoxy) is 3. The summed E-state index contributed by atoms with van der Waals surface area (Å²) < 4.78 is 16.3. The van der Waals surface area contributed by atoms with Crippen LogP contribution in [0.25, 0.3) is 0 Å². The van der Waals surface area contributed by atoms with Gasteiger partial charge in [0.2, 0.25) is 5.91 Å². The minimum atomic E-state index is -0.0355. The van der Waals surface area contributed by atoms with Gasteiger partial charge in [-0.1, -0.05) is 6.07 Å². The monoisotopic (exact) mass is 376 g/mol. The van der Waals surface area contributed by atoms with E-state index in [0.29, 0.717) is 44.1 Å². The van der Waals surface area contributed by atoms with Crippen molar-refractivity contribution >= 4 is 11.8 Å². The highest BCUT2D eigenvalue weighted by atomic mass is 16.5. The Labute approximate surface area is 160 Å². The van der Waals surface area contributed by atoms with Crippen molar-refractivity contribution in [3.05, 3.63) is 29.8 Å². The average Bonchev–Trinajstić information content (AvgIpc) is 2.74. The highest BCUT2D eigenvalue weighted by Crippen LogP contribution is 2.16. The summed E-state index contributed by atoms with van der Waals surface area (Å²) in [6.07, 6.45) is 3.38. The van der Waals surface area contributed by atoms with E-state index in [1.165, 1.54) is 0 Å². The lowest BCUT2D eigenvalue weighted by atomic mass is 10.1. The van der Waals surface area contributed by atoms with Crippen molar-refractivity contribution in [3.8, 4) is 5.75 Å². The minimum absolute atomic E-state index is 0.0284. The van der Waals surface area contributed by atoms with Crippen LogP contribution in [0.1, 0.15) is 29.6 Å². The molecule has 2 saturated heterocycles. The summed E-state index contributed by atoms with van der Waals surface area (Å²) in [5.74, 6) is 0.597. The van der Waals surface area contributed by atoms with Gasteiger partial charge in [-0.05, 0) is 37.5 Å². The predicted molar refractivity (Wildman–Crippen MR) is 99.9 cm³/mol. The standard InChI is InChI=1S/C20H28N2O5/c1-25-17-7-4-5-16(13-17)20(24)22-10-8-21(9-11-22)19(23)15-26-14-18-6-2-3-12-27-18/h4-5,7,13,18H,2-3,6,8-12,14-15H2,1H3. The van der Waals surface area contributed by atoms with Crippen LogP contribution in [0.3, 0.4) is 0 Å². The van der Waals surface area contributed by atoms with Crippen LogP contribution < -0.4 is 4.74 Å². The molecular formula is C20H28N2O5. The molecule has 0 aliphatic carbocycles. The van der Waals surface area contributed by atoms with Gasteiger partial charge in [-0.2, -0.15) is 0 Å². The van der Waals surface area contributed by atoms with Crippen molar-refractivity contribution in [2.24, 2.45) is 0 Å². The van der Waals surface area contributed by atoms with Crippen molar-refractivity contribution in [1.82, 2.24) is 9.80 Å². The third-order valence-electron chi connectivity index (χ3n) is 5.04. The molecule has 0 spiro atoms. The number of hydrogen-bond donors (Lipinski definition) is 0. The molecule has 0 radical (unpaired) electrons. The molecular weight excluding hydrogens is 348 g/mol. The number of nitrogens with zero attached hydrogens (tertiary/aromatic N) is 2. The van der Waals surface area contributed by atoms with Crippen molar-refractivity contribution in [2.75, 3.05) is 53.1 Å². The number of piperazine rings is 1. The maximum absolute atomic E-state index is 12.6. The number of carbonyl (C=O) groups excluding carboxylic acids is 2. The molecule has 0 N–H and O–H groups in total. The lowest BCUT2D eigenvalue weighted by Gasteiger charge is -2.35. The van der Waals surface area contributed by atoms with Crippen LogP contribution in [0.5, 0.6) is 5.75 Å². The summed E-state index contributed by atoms with van der Waals surface area (Å²) >= 11 is 0. The zero-order chi connectivity index (χ0) is 19.1. The van der Waals surface area contributed by atoms with Crippen LogP contribution in [0.2, 0.25) is 0 Å². The third-order valence-corrected chi connectivity index (χ3v) is 5.04. The van der Waals surface area contributed by atoms with E-state index in [2.05, 4.69) is 0 Å². The maximum Gasteiger partial charge on any atom is 0.254 e. The van der Waals surface area contributed by atoms with Crippen molar-refractivity contribution in [1.29, 1.82) is 0 Å². The van der Waals surface area contributed by atoms with E-state index in [4.69, 9.17) is 14.2 Å². The number of hydrogen-bond acceptors (Lipinski definition) is 5. The molecule has 2 fully saturated rings. The average molecular weight is 376 g/mol. The first kappa shape index (κ1) is 19.6. The molecule has 1 unspecified atom stereocenters. The first-order chi connectivity index (χ1) is 13.2. The molecule has 7 nitrogen and oxygen atoms in total. The summed E-state index contributed by atoms with van der Waals surface area (Å²) in [5, 5.41) is 0. The highest BCUT2D eigenvalue weighted by Gasteiger charge is 2.25. The van der Waals surface area contributed by atoms with Gasteiger partial charge in [0.15, 0.2) is 0 Å². The van der Waals surface area contributed by atoms with Gasteiger partial charge < -0.3 is 24.0 Å². The maximum atomic E-state index is 12.6. The van der Waals surface area contributed by atoms with Crippen molar-refractivity contribution < 1.29 is 23.8 Å². The summed E-state index contributed by atoms with van der Waals surface area (Å²) in [6, 6.07) is 7.13. The molecule has 2 aliphatic rings. The molecule has 1 aromatic carbocycles. The number of methoxy groups -OCH3 is 1. The van der Waals surface area contributed by atoms with Gasteiger partial charge >= 0.3 is 0 Å². The normalized spacial score (nSPS) is 20.4. The second-order valence-corrected chi connectivity index (χ2v) is 6.91. The molecule has 0 aromatic heterocycles. The van der Waals surface area contributed by atoms with Gasteiger partial charge in [0.05, 0.1) is 19.8 Å². The Bertz CT molecular complexity index is 637. The summed E-state index contributed by atoms with van der Waals surface area (Å²) in [7, 11) is 1.58. The van der Waals surface area contributed by atoms with E-state index < -0.39 is 0 Å². The molecule has 3 rings (SSSR count). The molecule has 7 heteroatoms. The highest BCUT2D eigenvalue weighted by molar-refractivity contribution is 5.94. The molecule has 2 amide bonds. The zero-order valence-corrected chi connectivity index (χ0v) is 15.9. The number of rotatable bonds is 6. The second-order valence-electron chi connectivity index (χ2n) is 6.91. The molecule has 0 saturated carbocycles. The molecule has 1 aromatic rings. The Kier molecular flexibility index (Phi) is 7.06. The summed E-state index contributed by atoms with van der Waals surface area (Å²) in [5.41, 5.74) is 0.602. The smallest absolute Gasteiger partial charge is 0.254 e. The van der Waals surface area contributed by atoms with Crippen LogP contribution in [0.4, 0.5) is 0 Å². The Hall–Kier alpha value is -2.12. The summed E-state index contributed by atoms with van der Waals surface area (Å²) in [6.45, 7) is 3.42. The SMILES string of the molecule is COc1cccc(C(=O)N2CCN(C(=O)COCC3CCCCO3)CC2)c1. The minimum Gasteiger partial charge on any atom is -0.497 e. The van der Waals surface area contributed by atoms with E-state index in [0.717, 1.165) is 25.9 Å². The first-order valence-electron chi connectivity index (χ1n) is 9.58. The first-order valence-corrected chi connectivity index (χ1v) is 9.58. The third kappa shape index (κ3) is 5.43. The van der Waals surface area contributed by atoms with Crippen LogP contribution in [0, 0.1) is 0 Å². The molecule has 27 heavy (non-hydrogen) atoms. The fraction of sp³-hybridized carbons (Fsp3) is 0.600. The van der Waals surface area contributed by atoms with Gasteiger partial charge in [0, 0.05) is 38.3 Å². The Morgan fingerprint density at radius 2 is 1.93 bits per heavy atom. The van der Waals surface area contributed by atoms with E-state index in [1.807, 2.05) is 6.07 Å². The lowest BCUT2D eigenvalue weighted by molar-refractivity contribution is -0.139. The Balaban J connectivity index is 1.41. The van der Waals surface area contributed by atoms with E-state index in [-0.39, 0.29) is 24.5 Å². The predicted octanol–water partition coefficient (Wildman–Crippen LogP) is 1.57. The molecule has 2 aliphatic heterocycles. The fourth-order valence-electron chi connectivity index (χ4n) is 3.41. The van der Waals surface area contributed by atoms with Crippen LogP contribution >= 0.6 is 0 Å². The Morgan fingerprint density at radius 3 is 2.63 bits per heavy atom. The van der Waals surface area contributed by atoms with Gasteiger partial charge in [-0.25, -0.2) is 0 Å². The lowest BCUT2D eigenvalue weighted by Crippen LogP contribution is -2.51. The van der Waals surface area contributed by atoms with Gasteiger partial charge in [0.1, 0.15) is 12.4 Å². The number of amides is 2. The van der Waals surface area contributed by atoms with Gasteiger partial charge in [-0.15, -0.1) is 0 Å². The number of benzene rings is 1. The fourth-order valence-corrected chi connectivity index (χ4v) is 3.41. The zero-order valence-electron chi connectivity index (χ0n) is 15.9. The topological polar surface area (TPSA) is 68.3 Å². The Morgan fingerprint density at radius 1 is 1.15 bits per heavy atom. The molecule has 2 heterocycles.